The maximum atomic E-state index is 13.0. The summed E-state index contributed by atoms with van der Waals surface area (Å²) in [6.07, 6.45) is 1.36. The van der Waals surface area contributed by atoms with Crippen molar-refractivity contribution >= 4 is 29.6 Å². The molecule has 3 aliphatic heterocycles. The summed E-state index contributed by atoms with van der Waals surface area (Å²) in [5, 5.41) is 9.50. The fraction of sp³-hybridized carbons (Fsp3) is 0.591. The molecule has 3 N–H and O–H groups in total. The van der Waals surface area contributed by atoms with E-state index in [2.05, 4.69) is 16.0 Å². The first-order valence-corrected chi connectivity index (χ1v) is 12.0. The Hall–Kier alpha value is -2.14. The number of imide groups is 1. The first-order valence-electron chi connectivity index (χ1n) is 11.0. The highest BCUT2D eigenvalue weighted by atomic mass is 32.2. The molecule has 0 aromatic heterocycles. The number of carbonyl (C=O) groups is 3. The van der Waals surface area contributed by atoms with E-state index in [0.717, 1.165) is 35.5 Å². The zero-order valence-electron chi connectivity index (χ0n) is 18.7. The van der Waals surface area contributed by atoms with Gasteiger partial charge in [-0.05, 0) is 25.3 Å². The summed E-state index contributed by atoms with van der Waals surface area (Å²) in [4.78, 5) is 40.8. The highest BCUT2D eigenvalue weighted by Crippen LogP contribution is 2.34. The van der Waals surface area contributed by atoms with Gasteiger partial charge in [-0.3, -0.25) is 25.1 Å². The van der Waals surface area contributed by atoms with Crippen LogP contribution < -0.4 is 16.0 Å². The van der Waals surface area contributed by atoms with Crippen LogP contribution in [0.4, 0.5) is 4.79 Å². The van der Waals surface area contributed by atoms with Crippen molar-refractivity contribution in [3.8, 4) is 0 Å². The van der Waals surface area contributed by atoms with Crippen LogP contribution in [-0.2, 0) is 14.3 Å². The predicted molar refractivity (Wildman–Crippen MR) is 122 cm³/mol. The summed E-state index contributed by atoms with van der Waals surface area (Å²) in [6.45, 7) is 3.28. The average Bonchev–Trinajstić information content (AvgIpc) is 3.32. The fourth-order valence-corrected chi connectivity index (χ4v) is 5.54. The molecule has 9 nitrogen and oxygen atoms in total. The van der Waals surface area contributed by atoms with Gasteiger partial charge in [0.2, 0.25) is 11.8 Å². The SMILES string of the molecule is Cc1ccc(C2NC(SCC(=O)NCC3CCCO3)C3C(=O)N(C)C(=O)N(C)C3N2)cc1. The Balaban J connectivity index is 1.47. The minimum absolute atomic E-state index is 0.0875. The van der Waals surface area contributed by atoms with E-state index < -0.39 is 12.1 Å². The Kier molecular flexibility index (Phi) is 7.04. The summed E-state index contributed by atoms with van der Waals surface area (Å²) < 4.78 is 5.56. The average molecular weight is 462 g/mol. The second kappa shape index (κ2) is 9.78. The van der Waals surface area contributed by atoms with Crippen molar-refractivity contribution in [1.29, 1.82) is 0 Å². The second-order valence-corrected chi connectivity index (χ2v) is 9.74. The number of urea groups is 1. The zero-order valence-corrected chi connectivity index (χ0v) is 19.5. The van der Waals surface area contributed by atoms with Gasteiger partial charge in [-0.2, -0.15) is 0 Å². The molecule has 3 heterocycles. The number of hydrogen-bond acceptors (Lipinski definition) is 7. The molecule has 3 fully saturated rings. The van der Waals surface area contributed by atoms with E-state index in [1.165, 1.54) is 18.8 Å². The van der Waals surface area contributed by atoms with Crippen LogP contribution in [0, 0.1) is 12.8 Å². The molecule has 3 saturated heterocycles. The minimum atomic E-state index is -0.514. The largest absolute Gasteiger partial charge is 0.376 e. The van der Waals surface area contributed by atoms with Gasteiger partial charge in [0.1, 0.15) is 0 Å². The molecule has 0 saturated carbocycles. The smallest absolute Gasteiger partial charge is 0.327 e. The van der Waals surface area contributed by atoms with E-state index in [1.54, 1.807) is 11.9 Å². The number of benzene rings is 1. The van der Waals surface area contributed by atoms with Crippen LogP contribution in [0.25, 0.3) is 0 Å². The molecule has 5 atom stereocenters. The Labute approximate surface area is 192 Å². The Morgan fingerprint density at radius 1 is 1.22 bits per heavy atom. The van der Waals surface area contributed by atoms with Crippen LogP contribution in [0.2, 0.25) is 0 Å². The van der Waals surface area contributed by atoms with Gasteiger partial charge in [0.05, 0.1) is 35.5 Å². The number of nitrogens with one attached hydrogen (secondary N) is 3. The van der Waals surface area contributed by atoms with Crippen molar-refractivity contribution in [3.05, 3.63) is 35.4 Å². The van der Waals surface area contributed by atoms with Crippen molar-refractivity contribution < 1.29 is 19.1 Å². The maximum absolute atomic E-state index is 13.0. The van der Waals surface area contributed by atoms with Gasteiger partial charge in [-0.15, -0.1) is 11.8 Å². The van der Waals surface area contributed by atoms with Gasteiger partial charge < -0.3 is 15.0 Å². The molecule has 3 aliphatic rings. The van der Waals surface area contributed by atoms with Crippen LogP contribution >= 0.6 is 11.8 Å². The quantitative estimate of drug-likeness (QED) is 0.581. The van der Waals surface area contributed by atoms with Gasteiger partial charge in [0.25, 0.3) is 0 Å². The van der Waals surface area contributed by atoms with Crippen LogP contribution in [0.15, 0.2) is 24.3 Å². The Bertz CT molecular complexity index is 860. The summed E-state index contributed by atoms with van der Waals surface area (Å²) in [6, 6.07) is 7.76. The second-order valence-electron chi connectivity index (χ2n) is 8.61. The maximum Gasteiger partial charge on any atom is 0.327 e. The van der Waals surface area contributed by atoms with Crippen LogP contribution in [0.5, 0.6) is 0 Å². The lowest BCUT2D eigenvalue weighted by molar-refractivity contribution is -0.140. The standard InChI is InChI=1S/C22H31N5O4S/c1-13-6-8-14(9-7-13)18-24-19-17(21(29)27(3)22(30)26(19)2)20(25-18)32-12-16(28)23-11-15-5-4-10-31-15/h6-9,15,17-20,24-25H,4-5,10-12H2,1-3H3,(H,23,28). The van der Waals surface area contributed by atoms with E-state index in [1.807, 2.05) is 31.2 Å². The number of rotatable bonds is 6. The third-order valence-electron chi connectivity index (χ3n) is 6.31. The summed E-state index contributed by atoms with van der Waals surface area (Å²) in [5.41, 5.74) is 2.16. The van der Waals surface area contributed by atoms with Gasteiger partial charge in [0.15, 0.2) is 0 Å². The molecule has 1 aromatic carbocycles. The Morgan fingerprint density at radius 3 is 2.66 bits per heavy atom. The topological polar surface area (TPSA) is 103 Å². The Morgan fingerprint density at radius 2 is 1.97 bits per heavy atom. The van der Waals surface area contributed by atoms with Crippen molar-refractivity contribution in [2.45, 2.75) is 43.6 Å². The molecule has 1 aromatic rings. The molecule has 32 heavy (non-hydrogen) atoms. The molecule has 5 unspecified atom stereocenters. The molecule has 4 amide bonds. The van der Waals surface area contributed by atoms with Crippen LogP contribution in [0.1, 0.15) is 30.1 Å². The van der Waals surface area contributed by atoms with Crippen molar-refractivity contribution in [2.75, 3.05) is 33.0 Å². The normalized spacial score (nSPS) is 30.4. The highest BCUT2D eigenvalue weighted by molar-refractivity contribution is 8.00. The number of ether oxygens (including phenoxy) is 1. The summed E-state index contributed by atoms with van der Waals surface area (Å²) in [5.74, 6) is -0.642. The van der Waals surface area contributed by atoms with E-state index in [9.17, 15) is 14.4 Å². The summed E-state index contributed by atoms with van der Waals surface area (Å²) in [7, 11) is 3.20. The molecule has 0 aliphatic carbocycles. The lowest BCUT2D eigenvalue weighted by Gasteiger charge is -2.50. The van der Waals surface area contributed by atoms with Crippen molar-refractivity contribution in [2.24, 2.45) is 5.92 Å². The number of thioether (sulfide) groups is 1. The lowest BCUT2D eigenvalue weighted by atomic mass is 9.96. The monoisotopic (exact) mass is 461 g/mol. The first-order chi connectivity index (χ1) is 15.3. The van der Waals surface area contributed by atoms with E-state index in [-0.39, 0.29) is 41.2 Å². The fourth-order valence-electron chi connectivity index (χ4n) is 4.40. The van der Waals surface area contributed by atoms with E-state index >= 15 is 0 Å². The summed E-state index contributed by atoms with van der Waals surface area (Å²) >= 11 is 1.39. The number of hydrogen-bond donors (Lipinski definition) is 3. The molecule has 4 rings (SSSR count). The number of carbonyl (C=O) groups excluding carboxylic acids is 3. The van der Waals surface area contributed by atoms with Crippen LogP contribution in [-0.4, -0.2) is 78.3 Å². The molecule has 0 radical (unpaired) electrons. The third-order valence-corrected chi connectivity index (χ3v) is 7.53. The van der Waals surface area contributed by atoms with Crippen LogP contribution in [0.3, 0.4) is 0 Å². The molecule has 0 bridgehead atoms. The minimum Gasteiger partial charge on any atom is -0.376 e. The van der Waals surface area contributed by atoms with E-state index in [4.69, 9.17) is 4.74 Å². The van der Waals surface area contributed by atoms with Gasteiger partial charge in [0, 0.05) is 27.2 Å². The molecule has 174 valence electrons. The van der Waals surface area contributed by atoms with E-state index in [0.29, 0.717) is 6.54 Å². The highest BCUT2D eigenvalue weighted by Gasteiger charge is 2.51. The number of amides is 4. The first kappa shape index (κ1) is 23.0. The molecule has 10 heteroatoms. The number of nitrogens with zero attached hydrogens (tertiary/aromatic N) is 2. The number of aryl methyl sites for hydroxylation is 1. The zero-order chi connectivity index (χ0) is 22.8. The molecular weight excluding hydrogens is 430 g/mol. The predicted octanol–water partition coefficient (Wildman–Crippen LogP) is 1.01. The molecule has 0 spiro atoms. The lowest BCUT2D eigenvalue weighted by Crippen LogP contribution is -2.72. The third kappa shape index (κ3) is 4.78. The number of fused-ring (bicyclic) bond motifs is 1. The van der Waals surface area contributed by atoms with Crippen molar-refractivity contribution in [1.82, 2.24) is 25.8 Å². The van der Waals surface area contributed by atoms with Gasteiger partial charge >= 0.3 is 6.03 Å². The molecular formula is C22H31N5O4S. The van der Waals surface area contributed by atoms with Crippen molar-refractivity contribution in [3.63, 3.8) is 0 Å². The van der Waals surface area contributed by atoms with Gasteiger partial charge in [-0.1, -0.05) is 29.8 Å². The van der Waals surface area contributed by atoms with Gasteiger partial charge in [-0.25, -0.2) is 4.79 Å².